The molecule has 1 aromatic heterocycles. The molecule has 0 aromatic carbocycles. The van der Waals surface area contributed by atoms with Crippen molar-refractivity contribution >= 4 is 0 Å². The Morgan fingerprint density at radius 3 is 2.87 bits per heavy atom. The van der Waals surface area contributed by atoms with Gasteiger partial charge < -0.3 is 0 Å². The van der Waals surface area contributed by atoms with Crippen LogP contribution in [0, 0.1) is 17.2 Å². The van der Waals surface area contributed by atoms with Crippen molar-refractivity contribution in [1.29, 1.82) is 5.26 Å². The molecule has 1 heterocycles. The van der Waals surface area contributed by atoms with Crippen molar-refractivity contribution in [3.05, 3.63) is 30.1 Å². The second-order valence-corrected chi connectivity index (χ2v) is 3.85. The van der Waals surface area contributed by atoms with E-state index < -0.39 is 0 Å². The second kappa shape index (κ2) is 7.00. The first-order chi connectivity index (χ1) is 7.36. The molecule has 2 nitrogen and oxygen atoms in total. The summed E-state index contributed by atoms with van der Waals surface area (Å²) in [5, 5.41) is 9.01. The van der Waals surface area contributed by atoms with E-state index in [9.17, 15) is 0 Å². The van der Waals surface area contributed by atoms with Crippen molar-refractivity contribution in [2.45, 2.75) is 39.0 Å². The summed E-state index contributed by atoms with van der Waals surface area (Å²) in [4.78, 5) is 4.24. The topological polar surface area (TPSA) is 36.7 Å². The molecule has 1 atom stereocenters. The number of rotatable bonds is 6. The van der Waals surface area contributed by atoms with Crippen LogP contribution in [0.2, 0.25) is 0 Å². The predicted molar refractivity (Wildman–Crippen MR) is 61.2 cm³/mol. The number of pyridine rings is 1. The van der Waals surface area contributed by atoms with E-state index >= 15 is 0 Å². The summed E-state index contributed by atoms with van der Waals surface area (Å²) < 4.78 is 0. The third kappa shape index (κ3) is 4.60. The molecule has 0 spiro atoms. The highest BCUT2D eigenvalue weighted by Crippen LogP contribution is 2.13. The molecule has 1 unspecified atom stereocenters. The van der Waals surface area contributed by atoms with Gasteiger partial charge in [0.1, 0.15) is 0 Å². The second-order valence-electron chi connectivity index (χ2n) is 3.85. The van der Waals surface area contributed by atoms with Crippen LogP contribution in [0.3, 0.4) is 0 Å². The van der Waals surface area contributed by atoms with Crippen molar-refractivity contribution in [2.75, 3.05) is 0 Å². The smallest absolute Gasteiger partial charge is 0.0659 e. The highest BCUT2D eigenvalue weighted by Gasteiger charge is 2.08. The quantitative estimate of drug-likeness (QED) is 0.663. The monoisotopic (exact) mass is 202 g/mol. The Hall–Kier alpha value is -1.36. The van der Waals surface area contributed by atoms with Crippen molar-refractivity contribution in [1.82, 2.24) is 4.98 Å². The molecule has 0 amide bonds. The van der Waals surface area contributed by atoms with Crippen molar-refractivity contribution in [3.63, 3.8) is 0 Å². The minimum atomic E-state index is 0.131. The first-order valence-corrected chi connectivity index (χ1v) is 5.66. The number of aromatic nitrogens is 1. The zero-order valence-electron chi connectivity index (χ0n) is 9.32. The molecule has 15 heavy (non-hydrogen) atoms. The Kier molecular flexibility index (Phi) is 5.47. The van der Waals surface area contributed by atoms with Gasteiger partial charge in [0.05, 0.1) is 12.0 Å². The molecule has 0 aliphatic carbocycles. The van der Waals surface area contributed by atoms with Crippen molar-refractivity contribution < 1.29 is 0 Å². The average molecular weight is 202 g/mol. The fourth-order valence-corrected chi connectivity index (χ4v) is 1.62. The lowest BCUT2D eigenvalue weighted by Crippen LogP contribution is -2.03. The third-order valence-corrected chi connectivity index (χ3v) is 2.52. The standard InChI is InChI=1S/C13H18N2/c1-2-3-4-7-12(11-14)10-13-8-5-6-9-15-13/h5-6,8-9,12H,2-4,7,10H2,1H3. The molecular weight excluding hydrogens is 184 g/mol. The van der Waals surface area contributed by atoms with E-state index in [1.807, 2.05) is 18.2 Å². The zero-order valence-corrected chi connectivity index (χ0v) is 9.32. The lowest BCUT2D eigenvalue weighted by molar-refractivity contribution is 0.542. The molecule has 0 N–H and O–H groups in total. The lowest BCUT2D eigenvalue weighted by atomic mass is 9.97. The first-order valence-electron chi connectivity index (χ1n) is 5.66. The summed E-state index contributed by atoms with van der Waals surface area (Å²) in [6.07, 6.45) is 7.17. The Labute approximate surface area is 92.0 Å². The van der Waals surface area contributed by atoms with E-state index in [1.165, 1.54) is 12.8 Å². The van der Waals surface area contributed by atoms with Crippen LogP contribution in [0.25, 0.3) is 0 Å². The lowest BCUT2D eigenvalue weighted by Gasteiger charge is -2.07. The SMILES string of the molecule is CCCCCC(C#N)Cc1ccccn1. The van der Waals surface area contributed by atoms with E-state index in [0.29, 0.717) is 0 Å². The Balaban J connectivity index is 2.38. The summed E-state index contributed by atoms with van der Waals surface area (Å²) in [6, 6.07) is 8.24. The van der Waals surface area contributed by atoms with Gasteiger partial charge in [-0.15, -0.1) is 0 Å². The van der Waals surface area contributed by atoms with Crippen LogP contribution in [0.1, 0.15) is 38.3 Å². The number of unbranched alkanes of at least 4 members (excludes halogenated alkanes) is 2. The van der Waals surface area contributed by atoms with E-state index in [2.05, 4.69) is 18.0 Å². The van der Waals surface area contributed by atoms with Gasteiger partial charge in [0.15, 0.2) is 0 Å². The molecule has 0 bridgehead atoms. The van der Waals surface area contributed by atoms with E-state index in [0.717, 1.165) is 25.0 Å². The summed E-state index contributed by atoms with van der Waals surface area (Å²) in [6.45, 7) is 2.18. The van der Waals surface area contributed by atoms with Crippen LogP contribution in [0.15, 0.2) is 24.4 Å². The maximum Gasteiger partial charge on any atom is 0.0659 e. The van der Waals surface area contributed by atoms with Crippen LogP contribution in [-0.2, 0) is 6.42 Å². The number of nitriles is 1. The van der Waals surface area contributed by atoms with Crippen LogP contribution in [0.5, 0.6) is 0 Å². The van der Waals surface area contributed by atoms with Gasteiger partial charge in [-0.05, 0) is 18.6 Å². The van der Waals surface area contributed by atoms with Gasteiger partial charge in [-0.25, -0.2) is 0 Å². The molecule has 0 aliphatic rings. The number of hydrogen-bond donors (Lipinski definition) is 0. The molecule has 0 aliphatic heterocycles. The molecular formula is C13H18N2. The van der Waals surface area contributed by atoms with Gasteiger partial charge in [0.2, 0.25) is 0 Å². The van der Waals surface area contributed by atoms with Crippen LogP contribution >= 0.6 is 0 Å². The molecule has 1 rings (SSSR count). The van der Waals surface area contributed by atoms with Gasteiger partial charge in [-0.1, -0.05) is 32.3 Å². The molecule has 0 saturated heterocycles. The first kappa shape index (κ1) is 11.7. The molecule has 0 fully saturated rings. The Morgan fingerprint density at radius 1 is 1.40 bits per heavy atom. The van der Waals surface area contributed by atoms with Crippen LogP contribution in [-0.4, -0.2) is 4.98 Å². The van der Waals surface area contributed by atoms with Gasteiger partial charge in [-0.3, -0.25) is 4.98 Å². The summed E-state index contributed by atoms with van der Waals surface area (Å²) in [5.74, 6) is 0.131. The van der Waals surface area contributed by atoms with Crippen LogP contribution < -0.4 is 0 Å². The molecule has 2 heteroatoms. The molecule has 80 valence electrons. The Morgan fingerprint density at radius 2 is 2.27 bits per heavy atom. The van der Waals surface area contributed by atoms with Crippen molar-refractivity contribution in [3.8, 4) is 6.07 Å². The van der Waals surface area contributed by atoms with Gasteiger partial charge >= 0.3 is 0 Å². The van der Waals surface area contributed by atoms with Gasteiger partial charge in [-0.2, -0.15) is 5.26 Å². The summed E-state index contributed by atoms with van der Waals surface area (Å²) in [5.41, 5.74) is 1.03. The number of hydrogen-bond acceptors (Lipinski definition) is 2. The van der Waals surface area contributed by atoms with Gasteiger partial charge in [0, 0.05) is 18.3 Å². The maximum absolute atomic E-state index is 9.01. The minimum Gasteiger partial charge on any atom is -0.261 e. The highest BCUT2D eigenvalue weighted by atomic mass is 14.7. The fraction of sp³-hybridized carbons (Fsp3) is 0.538. The third-order valence-electron chi connectivity index (χ3n) is 2.52. The summed E-state index contributed by atoms with van der Waals surface area (Å²) in [7, 11) is 0. The van der Waals surface area contributed by atoms with Crippen molar-refractivity contribution in [2.24, 2.45) is 5.92 Å². The average Bonchev–Trinajstić information content (AvgIpc) is 2.29. The summed E-state index contributed by atoms with van der Waals surface area (Å²) >= 11 is 0. The largest absolute Gasteiger partial charge is 0.261 e. The maximum atomic E-state index is 9.01. The van der Waals surface area contributed by atoms with Crippen LogP contribution in [0.4, 0.5) is 0 Å². The molecule has 0 saturated carbocycles. The Bertz CT molecular complexity index is 300. The van der Waals surface area contributed by atoms with E-state index in [4.69, 9.17) is 5.26 Å². The molecule has 1 aromatic rings. The highest BCUT2D eigenvalue weighted by molar-refractivity contribution is 5.06. The normalized spacial score (nSPS) is 12.0. The molecule has 0 radical (unpaired) electrons. The minimum absolute atomic E-state index is 0.131. The van der Waals surface area contributed by atoms with E-state index in [1.54, 1.807) is 6.20 Å². The zero-order chi connectivity index (χ0) is 10.9. The predicted octanol–water partition coefficient (Wildman–Crippen LogP) is 3.34. The van der Waals surface area contributed by atoms with E-state index in [-0.39, 0.29) is 5.92 Å². The van der Waals surface area contributed by atoms with Gasteiger partial charge in [0.25, 0.3) is 0 Å². The number of nitrogens with zero attached hydrogens (tertiary/aromatic N) is 2. The fourth-order valence-electron chi connectivity index (χ4n) is 1.62.